The maximum atomic E-state index is 13.3. The zero-order valence-electron chi connectivity index (χ0n) is 10.3. The van der Waals surface area contributed by atoms with Crippen molar-refractivity contribution in [3.63, 3.8) is 0 Å². The molecule has 130 valence electrons. The molecule has 0 radical (unpaired) electrons. The third kappa shape index (κ3) is 2.98. The summed E-state index contributed by atoms with van der Waals surface area (Å²) in [5.41, 5.74) is -1.56. The molecule has 23 heavy (non-hydrogen) atoms. The summed E-state index contributed by atoms with van der Waals surface area (Å²) >= 11 is 5.13. The Hall–Kier alpha value is -1.52. The van der Waals surface area contributed by atoms with Gasteiger partial charge in [-0.2, -0.15) is 39.5 Å². The van der Waals surface area contributed by atoms with Crippen LogP contribution < -0.4 is 0 Å². The Morgan fingerprint density at radius 3 is 1.74 bits per heavy atom. The molecule has 0 bridgehead atoms. The lowest BCUT2D eigenvalue weighted by Gasteiger charge is -2.32. The standard InChI is InChI=1S/C11H3ClF10O/c12-5-2-1-4(3-6(5)13)7(23)8(14,15)9(16,17)10(18,19)11(20,21)22/h1-3H. The number of ketones is 1. The summed E-state index contributed by atoms with van der Waals surface area (Å²) in [6.07, 6.45) is -7.05. The van der Waals surface area contributed by atoms with E-state index in [1.807, 2.05) is 0 Å². The Morgan fingerprint density at radius 2 is 1.35 bits per heavy atom. The predicted molar refractivity (Wildman–Crippen MR) is 56.6 cm³/mol. The third-order valence-electron chi connectivity index (χ3n) is 2.61. The van der Waals surface area contributed by atoms with Gasteiger partial charge in [0.15, 0.2) is 0 Å². The lowest BCUT2D eigenvalue weighted by molar-refractivity contribution is -0.386. The highest BCUT2D eigenvalue weighted by molar-refractivity contribution is 6.30. The van der Waals surface area contributed by atoms with Gasteiger partial charge in [-0.15, -0.1) is 0 Å². The number of hydrogen-bond acceptors (Lipinski definition) is 1. The molecule has 0 N–H and O–H groups in total. The van der Waals surface area contributed by atoms with Gasteiger partial charge in [-0.3, -0.25) is 4.79 Å². The molecule has 0 spiro atoms. The van der Waals surface area contributed by atoms with Crippen LogP contribution in [0.4, 0.5) is 43.9 Å². The quantitative estimate of drug-likeness (QED) is 0.526. The third-order valence-corrected chi connectivity index (χ3v) is 2.92. The van der Waals surface area contributed by atoms with Crippen molar-refractivity contribution in [2.45, 2.75) is 23.9 Å². The first-order chi connectivity index (χ1) is 10.1. The molecule has 0 saturated carbocycles. The van der Waals surface area contributed by atoms with Crippen molar-refractivity contribution >= 4 is 17.4 Å². The van der Waals surface area contributed by atoms with Crippen molar-refractivity contribution in [3.8, 4) is 0 Å². The van der Waals surface area contributed by atoms with Crippen LogP contribution in [0.15, 0.2) is 18.2 Å². The van der Waals surface area contributed by atoms with Gasteiger partial charge in [0.05, 0.1) is 5.02 Å². The number of hydrogen-bond donors (Lipinski definition) is 0. The number of carbonyl (C=O) groups is 1. The molecule has 1 aromatic rings. The SMILES string of the molecule is O=C(c1ccc(Cl)c(F)c1)C(F)(F)C(F)(F)C(F)(F)C(F)(F)F. The Labute approximate surface area is 125 Å². The van der Waals surface area contributed by atoms with Crippen molar-refractivity contribution in [1.82, 2.24) is 0 Å². The first-order valence-corrected chi connectivity index (χ1v) is 5.65. The van der Waals surface area contributed by atoms with E-state index in [9.17, 15) is 48.7 Å². The van der Waals surface area contributed by atoms with Crippen LogP contribution in [0.5, 0.6) is 0 Å². The monoisotopic (exact) mass is 376 g/mol. The zero-order chi connectivity index (χ0) is 18.4. The highest BCUT2D eigenvalue weighted by atomic mass is 35.5. The van der Waals surface area contributed by atoms with E-state index in [-0.39, 0.29) is 12.1 Å². The second kappa shape index (κ2) is 5.53. The fraction of sp³-hybridized carbons (Fsp3) is 0.364. The summed E-state index contributed by atoms with van der Waals surface area (Å²) in [6, 6.07) is 0.629. The van der Waals surface area contributed by atoms with E-state index in [1.54, 1.807) is 0 Å². The van der Waals surface area contributed by atoms with Crippen LogP contribution in [0.25, 0.3) is 0 Å². The Balaban J connectivity index is 3.38. The van der Waals surface area contributed by atoms with Crippen LogP contribution in [0.3, 0.4) is 0 Å². The van der Waals surface area contributed by atoms with E-state index in [4.69, 9.17) is 11.6 Å². The molecule has 0 unspecified atom stereocenters. The van der Waals surface area contributed by atoms with Crippen molar-refractivity contribution < 1.29 is 48.7 Å². The van der Waals surface area contributed by atoms with Crippen molar-refractivity contribution in [2.75, 3.05) is 0 Å². The zero-order valence-corrected chi connectivity index (χ0v) is 11.1. The topological polar surface area (TPSA) is 17.1 Å². The Morgan fingerprint density at radius 1 is 0.870 bits per heavy atom. The molecule has 12 heteroatoms. The molecule has 0 aliphatic carbocycles. The normalized spacial score (nSPS) is 14.0. The molecule has 0 heterocycles. The number of alkyl halides is 9. The van der Waals surface area contributed by atoms with Crippen molar-refractivity contribution in [1.29, 1.82) is 0 Å². The molecule has 1 aromatic carbocycles. The maximum absolute atomic E-state index is 13.3. The minimum atomic E-state index is -7.20. The number of halogens is 11. The van der Waals surface area contributed by atoms with Gasteiger partial charge in [0.25, 0.3) is 0 Å². The van der Waals surface area contributed by atoms with E-state index in [2.05, 4.69) is 0 Å². The molecule has 0 amide bonds. The smallest absolute Gasteiger partial charge is 0.287 e. The van der Waals surface area contributed by atoms with Gasteiger partial charge < -0.3 is 0 Å². The van der Waals surface area contributed by atoms with Gasteiger partial charge in [-0.1, -0.05) is 11.6 Å². The van der Waals surface area contributed by atoms with Crippen LogP contribution in [0.1, 0.15) is 10.4 Å². The van der Waals surface area contributed by atoms with Gasteiger partial charge in [0.2, 0.25) is 5.78 Å². The highest BCUT2D eigenvalue weighted by Crippen LogP contribution is 2.53. The molecule has 0 fully saturated rings. The first kappa shape index (κ1) is 19.5. The second-order valence-electron chi connectivity index (χ2n) is 4.18. The Bertz CT molecular complexity index is 622. The minimum absolute atomic E-state index is 0.0968. The number of benzene rings is 1. The molecule has 1 nitrogen and oxygen atoms in total. The van der Waals surface area contributed by atoms with Crippen LogP contribution in [-0.2, 0) is 0 Å². The molecular formula is C11H3ClF10O. The highest BCUT2D eigenvalue weighted by Gasteiger charge is 2.83. The van der Waals surface area contributed by atoms with E-state index in [0.717, 1.165) is 0 Å². The largest absolute Gasteiger partial charge is 0.460 e. The number of Topliss-reactive ketones (excluding diaryl/α,β-unsaturated/α-hetero) is 1. The summed E-state index contributed by atoms with van der Waals surface area (Å²) in [7, 11) is 0. The van der Waals surface area contributed by atoms with Gasteiger partial charge in [0, 0.05) is 5.56 Å². The van der Waals surface area contributed by atoms with Crippen LogP contribution in [0, 0.1) is 5.82 Å². The second-order valence-corrected chi connectivity index (χ2v) is 4.59. The van der Waals surface area contributed by atoms with Gasteiger partial charge in [0.1, 0.15) is 5.82 Å². The molecule has 1 rings (SSSR count). The van der Waals surface area contributed by atoms with Crippen LogP contribution in [-0.4, -0.2) is 29.7 Å². The summed E-state index contributed by atoms with van der Waals surface area (Å²) in [5, 5.41) is -0.725. The van der Waals surface area contributed by atoms with E-state index < -0.39 is 46.1 Å². The van der Waals surface area contributed by atoms with E-state index in [1.165, 1.54) is 0 Å². The molecule has 0 atom stereocenters. The van der Waals surface area contributed by atoms with Crippen LogP contribution >= 0.6 is 11.6 Å². The van der Waals surface area contributed by atoms with Gasteiger partial charge in [-0.05, 0) is 18.2 Å². The summed E-state index contributed by atoms with van der Waals surface area (Å²) in [4.78, 5) is 11.2. The van der Waals surface area contributed by atoms with E-state index >= 15 is 0 Å². The molecular weight excluding hydrogens is 374 g/mol. The molecule has 0 aromatic heterocycles. The number of carbonyl (C=O) groups excluding carboxylic acids is 1. The summed E-state index contributed by atoms with van der Waals surface area (Å²) < 4.78 is 127. The molecule has 0 aliphatic rings. The summed E-state index contributed by atoms with van der Waals surface area (Å²) in [6.45, 7) is 0. The summed E-state index contributed by atoms with van der Waals surface area (Å²) in [5.74, 6) is -25.4. The average Bonchev–Trinajstić information content (AvgIpc) is 2.39. The fourth-order valence-corrected chi connectivity index (χ4v) is 1.45. The van der Waals surface area contributed by atoms with Crippen molar-refractivity contribution in [3.05, 3.63) is 34.6 Å². The predicted octanol–water partition coefficient (Wildman–Crippen LogP) is 5.13. The van der Waals surface area contributed by atoms with Gasteiger partial charge >= 0.3 is 23.9 Å². The van der Waals surface area contributed by atoms with Crippen molar-refractivity contribution in [2.24, 2.45) is 0 Å². The minimum Gasteiger partial charge on any atom is -0.287 e. The molecule has 0 saturated heterocycles. The number of rotatable bonds is 4. The first-order valence-electron chi connectivity index (χ1n) is 5.27. The van der Waals surface area contributed by atoms with Crippen LogP contribution in [0.2, 0.25) is 5.02 Å². The average molecular weight is 377 g/mol. The fourth-order valence-electron chi connectivity index (χ4n) is 1.34. The Kier molecular flexibility index (Phi) is 4.70. The lowest BCUT2D eigenvalue weighted by atomic mass is 9.95. The maximum Gasteiger partial charge on any atom is 0.460 e. The van der Waals surface area contributed by atoms with E-state index in [0.29, 0.717) is 6.07 Å². The lowest BCUT2D eigenvalue weighted by Crippen LogP contribution is -2.63. The van der Waals surface area contributed by atoms with Gasteiger partial charge in [-0.25, -0.2) is 4.39 Å². The molecule has 0 aliphatic heterocycles.